The second-order valence-corrected chi connectivity index (χ2v) is 5.70. The third-order valence-electron chi connectivity index (χ3n) is 2.61. The zero-order valence-corrected chi connectivity index (χ0v) is 11.7. The molecule has 5 heteroatoms. The normalized spacial score (nSPS) is 11.2. The highest BCUT2D eigenvalue weighted by Gasteiger charge is 2.12. The van der Waals surface area contributed by atoms with Crippen molar-refractivity contribution in [2.45, 2.75) is 20.4 Å². The largest absolute Gasteiger partial charge is 0.310 e. The number of halogens is 2. The van der Waals surface area contributed by atoms with Gasteiger partial charge in [-0.2, -0.15) is 0 Å². The van der Waals surface area contributed by atoms with Crippen molar-refractivity contribution >= 4 is 11.3 Å². The van der Waals surface area contributed by atoms with Crippen LogP contribution in [0.2, 0.25) is 0 Å². The van der Waals surface area contributed by atoms with Crippen LogP contribution in [0.25, 0.3) is 11.3 Å². The van der Waals surface area contributed by atoms with E-state index in [-0.39, 0.29) is 5.56 Å². The van der Waals surface area contributed by atoms with Crippen molar-refractivity contribution in [3.8, 4) is 11.3 Å². The molecule has 1 aromatic heterocycles. The Morgan fingerprint density at radius 3 is 2.84 bits per heavy atom. The van der Waals surface area contributed by atoms with E-state index in [1.165, 1.54) is 17.4 Å². The molecule has 1 N–H and O–H groups in total. The van der Waals surface area contributed by atoms with Crippen molar-refractivity contribution in [1.82, 2.24) is 10.3 Å². The zero-order valence-electron chi connectivity index (χ0n) is 10.9. The Morgan fingerprint density at radius 2 is 2.11 bits per heavy atom. The summed E-state index contributed by atoms with van der Waals surface area (Å²) in [7, 11) is 0. The van der Waals surface area contributed by atoms with Crippen LogP contribution < -0.4 is 5.32 Å². The molecule has 2 nitrogen and oxygen atoms in total. The molecule has 0 aliphatic carbocycles. The number of aromatic nitrogens is 1. The highest BCUT2D eigenvalue weighted by molar-refractivity contribution is 7.09. The smallest absolute Gasteiger partial charge is 0.168 e. The van der Waals surface area contributed by atoms with Crippen molar-refractivity contribution in [3.05, 3.63) is 40.2 Å². The quantitative estimate of drug-likeness (QED) is 0.901. The molecule has 0 aliphatic rings. The summed E-state index contributed by atoms with van der Waals surface area (Å²) < 4.78 is 26.8. The molecule has 0 fully saturated rings. The number of hydrogen-bond donors (Lipinski definition) is 1. The molecule has 19 heavy (non-hydrogen) atoms. The third-order valence-corrected chi connectivity index (χ3v) is 3.46. The van der Waals surface area contributed by atoms with E-state index in [9.17, 15) is 8.78 Å². The minimum Gasteiger partial charge on any atom is -0.310 e. The predicted octanol–water partition coefficient (Wildman–Crippen LogP) is 3.83. The average Bonchev–Trinajstić information content (AvgIpc) is 2.81. The van der Waals surface area contributed by atoms with E-state index < -0.39 is 11.6 Å². The molecular weight excluding hydrogens is 266 g/mol. The van der Waals surface area contributed by atoms with Crippen LogP contribution >= 0.6 is 11.3 Å². The van der Waals surface area contributed by atoms with Gasteiger partial charge in [0.15, 0.2) is 11.6 Å². The average molecular weight is 282 g/mol. The lowest BCUT2D eigenvalue weighted by atomic mass is 10.1. The zero-order chi connectivity index (χ0) is 13.8. The maximum atomic E-state index is 13.6. The van der Waals surface area contributed by atoms with E-state index in [0.717, 1.165) is 17.6 Å². The van der Waals surface area contributed by atoms with E-state index in [0.29, 0.717) is 18.2 Å². The maximum Gasteiger partial charge on any atom is 0.168 e. The summed E-state index contributed by atoms with van der Waals surface area (Å²) in [5.41, 5.74) is 0.703. The number of benzene rings is 1. The minimum atomic E-state index is -0.843. The van der Waals surface area contributed by atoms with Crippen LogP contribution in [0.3, 0.4) is 0 Å². The van der Waals surface area contributed by atoms with Gasteiger partial charge >= 0.3 is 0 Å². The fourth-order valence-electron chi connectivity index (χ4n) is 1.69. The SMILES string of the molecule is CC(C)CNCc1nc(-c2cccc(F)c2F)cs1. The highest BCUT2D eigenvalue weighted by Crippen LogP contribution is 2.25. The number of thiazole rings is 1. The lowest BCUT2D eigenvalue weighted by Crippen LogP contribution is -2.18. The van der Waals surface area contributed by atoms with Crippen LogP contribution in [0, 0.1) is 17.6 Å². The Bertz CT molecular complexity index is 552. The molecule has 0 amide bonds. The Labute approximate surface area is 115 Å². The number of nitrogens with zero attached hydrogens (tertiary/aromatic N) is 1. The van der Waals surface area contributed by atoms with Crippen LogP contribution in [-0.4, -0.2) is 11.5 Å². The fraction of sp³-hybridized carbons (Fsp3) is 0.357. The van der Waals surface area contributed by atoms with Gasteiger partial charge in [-0.05, 0) is 24.6 Å². The van der Waals surface area contributed by atoms with Gasteiger partial charge in [-0.25, -0.2) is 13.8 Å². The molecular formula is C14H16F2N2S. The van der Waals surface area contributed by atoms with E-state index in [1.54, 1.807) is 11.4 Å². The monoisotopic (exact) mass is 282 g/mol. The second kappa shape index (κ2) is 6.21. The van der Waals surface area contributed by atoms with Crippen molar-refractivity contribution < 1.29 is 8.78 Å². The molecule has 0 saturated heterocycles. The minimum absolute atomic E-state index is 0.214. The summed E-state index contributed by atoms with van der Waals surface area (Å²) in [4.78, 5) is 4.33. The molecule has 0 spiro atoms. The van der Waals surface area contributed by atoms with E-state index >= 15 is 0 Å². The first-order valence-electron chi connectivity index (χ1n) is 6.17. The number of hydrogen-bond acceptors (Lipinski definition) is 3. The van der Waals surface area contributed by atoms with Gasteiger partial charge in [0.05, 0.1) is 5.69 Å². The third kappa shape index (κ3) is 3.58. The van der Waals surface area contributed by atoms with Gasteiger partial charge < -0.3 is 5.32 Å². The molecule has 0 atom stereocenters. The summed E-state index contributed by atoms with van der Waals surface area (Å²) in [5.74, 6) is -1.11. The van der Waals surface area contributed by atoms with Gasteiger partial charge in [0.25, 0.3) is 0 Å². The molecule has 1 heterocycles. The van der Waals surface area contributed by atoms with Crippen molar-refractivity contribution in [2.24, 2.45) is 5.92 Å². The molecule has 0 saturated carbocycles. The van der Waals surface area contributed by atoms with E-state index in [4.69, 9.17) is 0 Å². The number of nitrogens with one attached hydrogen (secondary N) is 1. The predicted molar refractivity (Wildman–Crippen MR) is 74.0 cm³/mol. The van der Waals surface area contributed by atoms with Gasteiger partial charge in [0, 0.05) is 17.5 Å². The Hall–Kier alpha value is -1.33. The van der Waals surface area contributed by atoms with Crippen molar-refractivity contribution in [2.75, 3.05) is 6.54 Å². The van der Waals surface area contributed by atoms with Gasteiger partial charge in [0.2, 0.25) is 0 Å². The molecule has 2 rings (SSSR count). The van der Waals surface area contributed by atoms with Crippen LogP contribution in [0.5, 0.6) is 0 Å². The van der Waals surface area contributed by atoms with Gasteiger partial charge in [-0.3, -0.25) is 0 Å². The summed E-state index contributed by atoms with van der Waals surface area (Å²) in [5, 5.41) is 5.90. The Kier molecular flexibility index (Phi) is 4.61. The maximum absolute atomic E-state index is 13.6. The molecule has 0 unspecified atom stereocenters. The van der Waals surface area contributed by atoms with Gasteiger partial charge in [0.1, 0.15) is 5.01 Å². The molecule has 0 bridgehead atoms. The summed E-state index contributed by atoms with van der Waals surface area (Å²) in [6, 6.07) is 4.14. The van der Waals surface area contributed by atoms with Crippen LogP contribution in [-0.2, 0) is 6.54 Å². The first-order valence-corrected chi connectivity index (χ1v) is 7.05. The second-order valence-electron chi connectivity index (χ2n) is 4.75. The van der Waals surface area contributed by atoms with Gasteiger partial charge in [-0.15, -0.1) is 11.3 Å². The standard InChI is InChI=1S/C14H16F2N2S/c1-9(2)6-17-7-13-18-12(8-19-13)10-4-3-5-11(15)14(10)16/h3-5,8-9,17H,6-7H2,1-2H3. The van der Waals surface area contributed by atoms with E-state index in [2.05, 4.69) is 24.1 Å². The van der Waals surface area contributed by atoms with Crippen LogP contribution in [0.4, 0.5) is 8.78 Å². The van der Waals surface area contributed by atoms with Crippen molar-refractivity contribution in [3.63, 3.8) is 0 Å². The van der Waals surface area contributed by atoms with E-state index in [1.807, 2.05) is 0 Å². The molecule has 0 aliphatic heterocycles. The fourth-order valence-corrected chi connectivity index (χ4v) is 2.45. The first-order chi connectivity index (χ1) is 9.08. The van der Waals surface area contributed by atoms with Crippen LogP contribution in [0.15, 0.2) is 23.6 Å². The topological polar surface area (TPSA) is 24.9 Å². The summed E-state index contributed by atoms with van der Waals surface area (Å²) >= 11 is 1.45. The lowest BCUT2D eigenvalue weighted by Gasteiger charge is -2.04. The molecule has 0 radical (unpaired) electrons. The summed E-state index contributed by atoms with van der Waals surface area (Å²) in [6.45, 7) is 5.81. The highest BCUT2D eigenvalue weighted by atomic mass is 32.1. The number of rotatable bonds is 5. The Balaban J connectivity index is 2.10. The van der Waals surface area contributed by atoms with Crippen LogP contribution in [0.1, 0.15) is 18.9 Å². The van der Waals surface area contributed by atoms with Gasteiger partial charge in [-0.1, -0.05) is 19.9 Å². The molecule has 102 valence electrons. The molecule has 1 aromatic carbocycles. The first kappa shape index (κ1) is 14.1. The van der Waals surface area contributed by atoms with Crippen molar-refractivity contribution in [1.29, 1.82) is 0 Å². The summed E-state index contributed by atoms with van der Waals surface area (Å²) in [6.07, 6.45) is 0. The molecule has 2 aromatic rings. The lowest BCUT2D eigenvalue weighted by molar-refractivity contribution is 0.511. The Morgan fingerprint density at radius 1 is 1.32 bits per heavy atom.